The maximum atomic E-state index is 14.8. The molecule has 0 saturated carbocycles. The fourth-order valence-corrected chi connectivity index (χ4v) is 3.77. The molecule has 1 aliphatic rings. The van der Waals surface area contributed by atoms with Gasteiger partial charge in [0.15, 0.2) is 17.9 Å². The van der Waals surface area contributed by atoms with E-state index >= 15 is 0 Å². The van der Waals surface area contributed by atoms with Gasteiger partial charge in [-0.2, -0.15) is 0 Å². The Hall–Kier alpha value is -1.85. The SMILES string of the molecule is CCCCOC1CCC(c2ccc(-c3ccc(CCC)cc3F)c(F)c2F)CO1. The average Bonchev–Trinajstić information content (AvgIpc) is 2.72. The highest BCUT2D eigenvalue weighted by Gasteiger charge is 2.27. The molecule has 0 aromatic heterocycles. The Labute approximate surface area is 171 Å². The van der Waals surface area contributed by atoms with Crippen molar-refractivity contribution >= 4 is 0 Å². The third-order valence-corrected chi connectivity index (χ3v) is 5.45. The number of unbranched alkanes of at least 4 members (excludes halogenated alkanes) is 1. The molecule has 2 unspecified atom stereocenters. The molecule has 1 saturated heterocycles. The Morgan fingerprint density at radius 1 is 0.966 bits per heavy atom. The van der Waals surface area contributed by atoms with Gasteiger partial charge in [0.25, 0.3) is 0 Å². The second-order valence-corrected chi connectivity index (χ2v) is 7.66. The molecule has 2 aromatic carbocycles. The molecule has 0 aliphatic carbocycles. The summed E-state index contributed by atoms with van der Waals surface area (Å²) in [5.74, 6) is -2.69. The van der Waals surface area contributed by atoms with Gasteiger partial charge in [-0.25, -0.2) is 13.2 Å². The molecule has 1 fully saturated rings. The number of hydrogen-bond donors (Lipinski definition) is 0. The lowest BCUT2D eigenvalue weighted by Gasteiger charge is -2.29. The molecule has 29 heavy (non-hydrogen) atoms. The van der Waals surface area contributed by atoms with Gasteiger partial charge in [-0.05, 0) is 42.9 Å². The number of hydrogen-bond acceptors (Lipinski definition) is 2. The van der Waals surface area contributed by atoms with E-state index in [9.17, 15) is 13.2 Å². The minimum Gasteiger partial charge on any atom is -0.353 e. The van der Waals surface area contributed by atoms with E-state index in [1.807, 2.05) is 6.92 Å². The summed E-state index contributed by atoms with van der Waals surface area (Å²) in [5, 5.41) is 0. The van der Waals surface area contributed by atoms with E-state index in [1.165, 1.54) is 18.2 Å². The molecule has 1 heterocycles. The van der Waals surface area contributed by atoms with Gasteiger partial charge in [0.1, 0.15) is 5.82 Å². The van der Waals surface area contributed by atoms with Crippen LogP contribution in [0.3, 0.4) is 0 Å². The van der Waals surface area contributed by atoms with Crippen molar-refractivity contribution in [2.75, 3.05) is 13.2 Å². The van der Waals surface area contributed by atoms with Crippen LogP contribution in [0.5, 0.6) is 0 Å². The molecule has 1 aliphatic heterocycles. The van der Waals surface area contributed by atoms with Crippen molar-refractivity contribution in [2.24, 2.45) is 0 Å². The summed E-state index contributed by atoms with van der Waals surface area (Å²) in [6.07, 6.45) is 4.69. The zero-order valence-electron chi connectivity index (χ0n) is 17.1. The van der Waals surface area contributed by atoms with Crippen LogP contribution in [-0.4, -0.2) is 19.5 Å². The first kappa shape index (κ1) is 21.8. The summed E-state index contributed by atoms with van der Waals surface area (Å²) >= 11 is 0. The molecule has 2 atom stereocenters. The summed E-state index contributed by atoms with van der Waals surface area (Å²) in [7, 11) is 0. The molecule has 2 aromatic rings. The molecule has 0 amide bonds. The van der Waals surface area contributed by atoms with Crippen molar-refractivity contribution in [1.82, 2.24) is 0 Å². The van der Waals surface area contributed by atoms with Gasteiger partial charge in [-0.1, -0.05) is 51.0 Å². The van der Waals surface area contributed by atoms with Crippen LogP contribution < -0.4 is 0 Å². The van der Waals surface area contributed by atoms with Gasteiger partial charge in [-0.3, -0.25) is 0 Å². The zero-order valence-corrected chi connectivity index (χ0v) is 17.1. The van der Waals surface area contributed by atoms with Gasteiger partial charge in [0, 0.05) is 23.7 Å². The Bertz CT molecular complexity index is 814. The lowest BCUT2D eigenvalue weighted by atomic mass is 9.90. The molecular formula is C24H29F3O2. The van der Waals surface area contributed by atoms with Gasteiger partial charge in [0.05, 0.1) is 6.61 Å². The number of halogens is 3. The Balaban J connectivity index is 1.74. The minimum absolute atomic E-state index is 0.0516. The van der Waals surface area contributed by atoms with Crippen LogP contribution in [0.15, 0.2) is 30.3 Å². The largest absolute Gasteiger partial charge is 0.353 e. The number of ether oxygens (including phenoxy) is 2. The highest BCUT2D eigenvalue weighted by Crippen LogP contribution is 2.35. The van der Waals surface area contributed by atoms with Crippen molar-refractivity contribution < 1.29 is 22.6 Å². The van der Waals surface area contributed by atoms with Gasteiger partial charge < -0.3 is 9.47 Å². The summed E-state index contributed by atoms with van der Waals surface area (Å²) in [5.41, 5.74) is 1.16. The first-order valence-corrected chi connectivity index (χ1v) is 10.5. The van der Waals surface area contributed by atoms with Crippen LogP contribution in [0.2, 0.25) is 0 Å². The van der Waals surface area contributed by atoms with E-state index in [0.29, 0.717) is 19.4 Å². The Morgan fingerprint density at radius 3 is 2.41 bits per heavy atom. The summed E-state index contributed by atoms with van der Waals surface area (Å²) in [6.45, 7) is 5.03. The smallest absolute Gasteiger partial charge is 0.167 e. The number of benzene rings is 2. The highest BCUT2D eigenvalue weighted by molar-refractivity contribution is 5.66. The molecule has 2 nitrogen and oxygen atoms in total. The average molecular weight is 406 g/mol. The normalized spacial score (nSPS) is 19.5. The van der Waals surface area contributed by atoms with E-state index < -0.39 is 17.5 Å². The first-order valence-electron chi connectivity index (χ1n) is 10.5. The molecule has 0 N–H and O–H groups in total. The highest BCUT2D eigenvalue weighted by atomic mass is 19.2. The predicted octanol–water partition coefficient (Wildman–Crippen LogP) is 6.76. The third-order valence-electron chi connectivity index (χ3n) is 5.45. The standard InChI is InChI=1S/C24H29F3O2/c1-3-5-13-28-22-12-8-17(15-29-22)18-10-11-20(24(27)23(18)26)19-9-7-16(6-4-2)14-21(19)25/h7,9-11,14,17,22H,3-6,8,12-13,15H2,1-2H3. The maximum absolute atomic E-state index is 14.8. The second-order valence-electron chi connectivity index (χ2n) is 7.66. The van der Waals surface area contributed by atoms with E-state index in [4.69, 9.17) is 9.47 Å². The fraction of sp³-hybridized carbons (Fsp3) is 0.500. The molecule has 0 spiro atoms. The van der Waals surface area contributed by atoms with Crippen molar-refractivity contribution in [1.29, 1.82) is 0 Å². The monoisotopic (exact) mass is 406 g/mol. The molecule has 5 heteroatoms. The lowest BCUT2D eigenvalue weighted by Crippen LogP contribution is -2.28. The van der Waals surface area contributed by atoms with Crippen molar-refractivity contribution in [3.05, 3.63) is 58.9 Å². The van der Waals surface area contributed by atoms with Gasteiger partial charge >= 0.3 is 0 Å². The van der Waals surface area contributed by atoms with Crippen LogP contribution >= 0.6 is 0 Å². The predicted molar refractivity (Wildman–Crippen MR) is 108 cm³/mol. The van der Waals surface area contributed by atoms with Gasteiger partial charge in [-0.15, -0.1) is 0 Å². The third kappa shape index (κ3) is 5.20. The van der Waals surface area contributed by atoms with Crippen molar-refractivity contribution in [3.63, 3.8) is 0 Å². The van der Waals surface area contributed by atoms with Crippen LogP contribution in [0, 0.1) is 17.5 Å². The van der Waals surface area contributed by atoms with E-state index in [2.05, 4.69) is 6.92 Å². The number of rotatable bonds is 8. The quantitative estimate of drug-likeness (QED) is 0.451. The Morgan fingerprint density at radius 2 is 1.76 bits per heavy atom. The lowest BCUT2D eigenvalue weighted by molar-refractivity contribution is -0.167. The molecule has 158 valence electrons. The first-order chi connectivity index (χ1) is 14.0. The number of aryl methyl sites for hydroxylation is 1. The van der Waals surface area contributed by atoms with Gasteiger partial charge in [0.2, 0.25) is 0 Å². The molecule has 0 bridgehead atoms. The van der Waals surface area contributed by atoms with E-state index in [0.717, 1.165) is 31.2 Å². The molecule has 0 radical (unpaired) electrons. The van der Waals surface area contributed by atoms with Crippen LogP contribution in [-0.2, 0) is 15.9 Å². The molecular weight excluding hydrogens is 377 g/mol. The van der Waals surface area contributed by atoms with E-state index in [-0.39, 0.29) is 35.5 Å². The summed E-state index contributed by atoms with van der Waals surface area (Å²) in [6, 6.07) is 7.72. The van der Waals surface area contributed by atoms with E-state index in [1.54, 1.807) is 12.1 Å². The van der Waals surface area contributed by atoms with Crippen molar-refractivity contribution in [2.45, 2.75) is 64.6 Å². The zero-order chi connectivity index (χ0) is 20.8. The van der Waals surface area contributed by atoms with Crippen LogP contribution in [0.4, 0.5) is 13.2 Å². The fourth-order valence-electron chi connectivity index (χ4n) is 3.77. The topological polar surface area (TPSA) is 18.5 Å². The maximum Gasteiger partial charge on any atom is 0.167 e. The summed E-state index contributed by atoms with van der Waals surface area (Å²) < 4.78 is 55.4. The second kappa shape index (κ2) is 10.3. The Kier molecular flexibility index (Phi) is 7.73. The van der Waals surface area contributed by atoms with Crippen LogP contribution in [0.1, 0.15) is 63.0 Å². The van der Waals surface area contributed by atoms with Crippen molar-refractivity contribution in [3.8, 4) is 11.1 Å². The van der Waals surface area contributed by atoms with Crippen LogP contribution in [0.25, 0.3) is 11.1 Å². The molecule has 3 rings (SSSR count). The minimum atomic E-state index is -1.01. The summed E-state index contributed by atoms with van der Waals surface area (Å²) in [4.78, 5) is 0.